The molecule has 0 bridgehead atoms. The number of aromatic nitrogens is 2. The molecule has 0 saturated carbocycles. The van der Waals surface area contributed by atoms with E-state index in [2.05, 4.69) is 53.2 Å². The number of likely N-dealkylation sites (N-methyl/N-ethyl adjacent to an activating group) is 1. The molecule has 0 aliphatic rings. The van der Waals surface area contributed by atoms with Crippen LogP contribution in [0.5, 0.6) is 0 Å². The van der Waals surface area contributed by atoms with Crippen LogP contribution in [0.15, 0.2) is 9.85 Å². The lowest BCUT2D eigenvalue weighted by Gasteiger charge is -2.17. The summed E-state index contributed by atoms with van der Waals surface area (Å²) in [5.41, 5.74) is 3.31. The van der Waals surface area contributed by atoms with Gasteiger partial charge in [0.2, 0.25) is 0 Å². The SMILES string of the molecule is CCNC(Cc1c(Cl)c(C)nn1CC)c1cc(C)c(Br)s1. The number of hydrogen-bond donors (Lipinski definition) is 1. The van der Waals surface area contributed by atoms with E-state index in [1.807, 2.05) is 11.6 Å². The normalized spacial score (nSPS) is 12.9. The van der Waals surface area contributed by atoms with E-state index in [1.54, 1.807) is 11.3 Å². The molecule has 0 amide bonds. The molecule has 21 heavy (non-hydrogen) atoms. The lowest BCUT2D eigenvalue weighted by molar-refractivity contribution is 0.522. The third kappa shape index (κ3) is 3.70. The lowest BCUT2D eigenvalue weighted by Crippen LogP contribution is -2.23. The van der Waals surface area contributed by atoms with Gasteiger partial charge in [0.1, 0.15) is 0 Å². The number of halogens is 2. The molecule has 116 valence electrons. The quantitative estimate of drug-likeness (QED) is 0.761. The van der Waals surface area contributed by atoms with Crippen LogP contribution >= 0.6 is 38.9 Å². The fourth-order valence-electron chi connectivity index (χ4n) is 2.43. The number of aryl methyl sites for hydroxylation is 3. The molecule has 0 saturated heterocycles. The molecule has 2 aromatic rings. The highest BCUT2D eigenvalue weighted by Gasteiger charge is 2.20. The maximum absolute atomic E-state index is 6.44. The minimum Gasteiger partial charge on any atom is -0.309 e. The fourth-order valence-corrected chi connectivity index (χ4v) is 4.29. The third-order valence-corrected chi connectivity index (χ3v) is 6.26. The molecule has 3 nitrogen and oxygen atoms in total. The zero-order valence-corrected chi connectivity index (χ0v) is 16.0. The van der Waals surface area contributed by atoms with Gasteiger partial charge < -0.3 is 5.32 Å². The Morgan fingerprint density at radius 2 is 2.14 bits per heavy atom. The second-order valence-electron chi connectivity index (χ2n) is 5.08. The lowest BCUT2D eigenvalue weighted by atomic mass is 10.1. The van der Waals surface area contributed by atoms with Crippen LogP contribution in [0.4, 0.5) is 0 Å². The van der Waals surface area contributed by atoms with Gasteiger partial charge in [-0.1, -0.05) is 18.5 Å². The summed E-state index contributed by atoms with van der Waals surface area (Å²) in [5, 5.41) is 8.87. The maximum atomic E-state index is 6.44. The van der Waals surface area contributed by atoms with Crippen LogP contribution in [0.1, 0.15) is 41.7 Å². The van der Waals surface area contributed by atoms with E-state index in [-0.39, 0.29) is 6.04 Å². The van der Waals surface area contributed by atoms with Crippen LogP contribution in [0.2, 0.25) is 5.02 Å². The Kier molecular flexibility index (Phi) is 5.88. The van der Waals surface area contributed by atoms with E-state index < -0.39 is 0 Å². The molecule has 1 unspecified atom stereocenters. The molecular formula is C15H21BrClN3S. The first-order valence-corrected chi connectivity index (χ1v) is 9.17. The van der Waals surface area contributed by atoms with Crippen LogP contribution in [0.25, 0.3) is 0 Å². The van der Waals surface area contributed by atoms with E-state index in [9.17, 15) is 0 Å². The predicted molar refractivity (Wildman–Crippen MR) is 94.5 cm³/mol. The van der Waals surface area contributed by atoms with Crippen molar-refractivity contribution in [3.63, 3.8) is 0 Å². The highest BCUT2D eigenvalue weighted by atomic mass is 79.9. The van der Waals surface area contributed by atoms with Crippen molar-refractivity contribution in [3.8, 4) is 0 Å². The molecule has 0 aromatic carbocycles. The van der Waals surface area contributed by atoms with E-state index in [0.717, 1.165) is 35.9 Å². The summed E-state index contributed by atoms with van der Waals surface area (Å²) in [6, 6.07) is 2.51. The number of hydrogen-bond acceptors (Lipinski definition) is 3. The molecule has 1 N–H and O–H groups in total. The number of thiophene rings is 1. The van der Waals surface area contributed by atoms with Gasteiger partial charge >= 0.3 is 0 Å². The molecule has 0 fully saturated rings. The molecule has 0 aliphatic carbocycles. The average Bonchev–Trinajstić information content (AvgIpc) is 2.92. The smallest absolute Gasteiger partial charge is 0.0847 e. The molecular weight excluding hydrogens is 370 g/mol. The average molecular weight is 391 g/mol. The number of nitrogens with zero attached hydrogens (tertiary/aromatic N) is 2. The Morgan fingerprint density at radius 3 is 2.67 bits per heavy atom. The molecule has 2 aromatic heterocycles. The molecule has 2 heterocycles. The summed E-state index contributed by atoms with van der Waals surface area (Å²) in [6.45, 7) is 10.1. The Labute approximate surface area is 143 Å². The standard InChI is InChI=1S/C15H21BrClN3S/c1-5-18-11(13-7-9(3)15(16)21-13)8-12-14(17)10(4)19-20(12)6-2/h7,11,18H,5-6,8H2,1-4H3. The second-order valence-corrected chi connectivity index (χ2v) is 7.86. The summed E-state index contributed by atoms with van der Waals surface area (Å²) >= 11 is 11.8. The highest BCUT2D eigenvalue weighted by Crippen LogP contribution is 2.34. The molecule has 1 atom stereocenters. The van der Waals surface area contributed by atoms with Crippen molar-refractivity contribution in [2.45, 2.75) is 46.7 Å². The first-order valence-electron chi connectivity index (χ1n) is 7.18. The van der Waals surface area contributed by atoms with E-state index in [1.165, 1.54) is 14.2 Å². The van der Waals surface area contributed by atoms with Gasteiger partial charge in [-0.2, -0.15) is 5.10 Å². The summed E-state index contributed by atoms with van der Waals surface area (Å²) in [5.74, 6) is 0. The predicted octanol–water partition coefficient (Wildman–Crippen LogP) is 4.89. The van der Waals surface area contributed by atoms with Crippen LogP contribution in [-0.4, -0.2) is 16.3 Å². The maximum Gasteiger partial charge on any atom is 0.0847 e. The summed E-state index contributed by atoms with van der Waals surface area (Å²) in [6.07, 6.45) is 0.855. The van der Waals surface area contributed by atoms with Crippen molar-refractivity contribution in [1.82, 2.24) is 15.1 Å². The molecule has 0 radical (unpaired) electrons. The van der Waals surface area contributed by atoms with Gasteiger partial charge in [-0.15, -0.1) is 11.3 Å². The molecule has 0 spiro atoms. The molecule has 2 rings (SSSR count). The molecule has 0 aliphatic heterocycles. The Bertz CT molecular complexity index is 601. The van der Waals surface area contributed by atoms with Gasteiger partial charge in [-0.05, 0) is 54.9 Å². The van der Waals surface area contributed by atoms with E-state index in [0.29, 0.717) is 0 Å². The van der Waals surface area contributed by atoms with Gasteiger partial charge in [-0.25, -0.2) is 0 Å². The first kappa shape index (κ1) is 17.0. The summed E-state index contributed by atoms with van der Waals surface area (Å²) in [7, 11) is 0. The van der Waals surface area contributed by atoms with Crippen LogP contribution in [-0.2, 0) is 13.0 Å². The van der Waals surface area contributed by atoms with Gasteiger partial charge in [-0.3, -0.25) is 4.68 Å². The minimum atomic E-state index is 0.267. The first-order chi connectivity index (χ1) is 9.97. The Hall–Kier alpha value is -0.360. The van der Waals surface area contributed by atoms with Gasteiger partial charge in [0, 0.05) is 23.9 Å². The minimum absolute atomic E-state index is 0.267. The summed E-state index contributed by atoms with van der Waals surface area (Å²) in [4.78, 5) is 1.33. The fraction of sp³-hybridized carbons (Fsp3) is 0.533. The second kappa shape index (κ2) is 7.27. The Balaban J connectivity index is 2.32. The zero-order chi connectivity index (χ0) is 15.6. The van der Waals surface area contributed by atoms with Crippen LogP contribution < -0.4 is 5.32 Å². The van der Waals surface area contributed by atoms with Crippen molar-refractivity contribution < 1.29 is 0 Å². The van der Waals surface area contributed by atoms with Crippen molar-refractivity contribution >= 4 is 38.9 Å². The number of rotatable bonds is 6. The van der Waals surface area contributed by atoms with Crippen LogP contribution in [0, 0.1) is 13.8 Å². The van der Waals surface area contributed by atoms with Crippen LogP contribution in [0.3, 0.4) is 0 Å². The zero-order valence-electron chi connectivity index (χ0n) is 12.8. The van der Waals surface area contributed by atoms with Crippen molar-refractivity contribution in [2.24, 2.45) is 0 Å². The highest BCUT2D eigenvalue weighted by molar-refractivity contribution is 9.11. The van der Waals surface area contributed by atoms with E-state index in [4.69, 9.17) is 11.6 Å². The monoisotopic (exact) mass is 389 g/mol. The van der Waals surface area contributed by atoms with Gasteiger partial charge in [0.25, 0.3) is 0 Å². The molecule has 6 heteroatoms. The van der Waals surface area contributed by atoms with Gasteiger partial charge in [0.15, 0.2) is 0 Å². The number of nitrogens with one attached hydrogen (secondary N) is 1. The summed E-state index contributed by atoms with van der Waals surface area (Å²) < 4.78 is 3.21. The largest absolute Gasteiger partial charge is 0.309 e. The third-order valence-electron chi connectivity index (χ3n) is 3.52. The van der Waals surface area contributed by atoms with Crippen molar-refractivity contribution in [3.05, 3.63) is 36.7 Å². The van der Waals surface area contributed by atoms with Gasteiger partial charge in [0.05, 0.1) is 20.2 Å². The Morgan fingerprint density at radius 1 is 1.43 bits per heavy atom. The topological polar surface area (TPSA) is 29.9 Å². The van der Waals surface area contributed by atoms with Crippen molar-refractivity contribution in [2.75, 3.05) is 6.54 Å². The van der Waals surface area contributed by atoms with E-state index >= 15 is 0 Å². The van der Waals surface area contributed by atoms with Crippen molar-refractivity contribution in [1.29, 1.82) is 0 Å².